The van der Waals surface area contributed by atoms with Crippen molar-refractivity contribution in [2.75, 3.05) is 6.61 Å². The lowest BCUT2D eigenvalue weighted by atomic mass is 9.76. The second-order valence-corrected chi connectivity index (χ2v) is 3.89. The minimum Gasteiger partial charge on any atom is -0.481 e. The van der Waals surface area contributed by atoms with Gasteiger partial charge in [-0.2, -0.15) is 0 Å². The standard InChI is InChI=1S/C13H18O3/c1-4-11-6-8-13(9-7-11,12(14)15)10(3)16-5-2/h4,6-8,10H,1,5,9H2,2-3H3,(H,14,15). The fourth-order valence-electron chi connectivity index (χ4n) is 1.85. The lowest BCUT2D eigenvalue weighted by Gasteiger charge is -2.33. The highest BCUT2D eigenvalue weighted by molar-refractivity contribution is 5.79. The first-order valence-corrected chi connectivity index (χ1v) is 5.43. The molecule has 0 aliphatic heterocycles. The third-order valence-corrected chi connectivity index (χ3v) is 3.02. The predicted octanol–water partition coefficient (Wildman–Crippen LogP) is 2.55. The molecular weight excluding hydrogens is 204 g/mol. The summed E-state index contributed by atoms with van der Waals surface area (Å²) in [5, 5.41) is 9.36. The highest BCUT2D eigenvalue weighted by Gasteiger charge is 2.42. The Morgan fingerprint density at radius 3 is 2.88 bits per heavy atom. The predicted molar refractivity (Wildman–Crippen MR) is 63.2 cm³/mol. The molecule has 0 spiro atoms. The Balaban J connectivity index is 2.94. The first-order valence-electron chi connectivity index (χ1n) is 5.43. The van der Waals surface area contributed by atoms with Crippen LogP contribution in [-0.4, -0.2) is 23.8 Å². The van der Waals surface area contributed by atoms with E-state index in [0.717, 1.165) is 5.57 Å². The molecule has 1 N–H and O–H groups in total. The fraction of sp³-hybridized carbons (Fsp3) is 0.462. The zero-order valence-corrected chi connectivity index (χ0v) is 9.77. The van der Waals surface area contributed by atoms with Crippen molar-refractivity contribution in [2.24, 2.45) is 5.41 Å². The molecule has 0 aromatic rings. The Kier molecular flexibility index (Phi) is 4.07. The van der Waals surface area contributed by atoms with Gasteiger partial charge in [0.25, 0.3) is 0 Å². The van der Waals surface area contributed by atoms with Crippen molar-refractivity contribution >= 4 is 5.97 Å². The summed E-state index contributed by atoms with van der Waals surface area (Å²) >= 11 is 0. The third kappa shape index (κ3) is 2.25. The van der Waals surface area contributed by atoms with Crippen LogP contribution in [0.5, 0.6) is 0 Å². The van der Waals surface area contributed by atoms with Crippen LogP contribution in [0.1, 0.15) is 20.3 Å². The van der Waals surface area contributed by atoms with Crippen molar-refractivity contribution in [2.45, 2.75) is 26.4 Å². The molecule has 1 aliphatic rings. The minimum atomic E-state index is -0.942. The summed E-state index contributed by atoms with van der Waals surface area (Å²) in [5.74, 6) is -0.843. The van der Waals surface area contributed by atoms with Crippen LogP contribution < -0.4 is 0 Å². The van der Waals surface area contributed by atoms with Crippen molar-refractivity contribution < 1.29 is 14.6 Å². The van der Waals surface area contributed by atoms with E-state index < -0.39 is 11.4 Å². The summed E-state index contributed by atoms with van der Waals surface area (Å²) < 4.78 is 5.43. The summed E-state index contributed by atoms with van der Waals surface area (Å²) in [6.07, 6.45) is 7.21. The van der Waals surface area contributed by atoms with E-state index in [1.807, 2.05) is 13.0 Å². The van der Waals surface area contributed by atoms with Gasteiger partial charge < -0.3 is 9.84 Å². The van der Waals surface area contributed by atoms with Gasteiger partial charge in [0, 0.05) is 6.61 Å². The number of carbonyl (C=O) groups is 1. The molecule has 88 valence electrons. The molecule has 1 rings (SSSR count). The molecule has 0 aromatic carbocycles. The second kappa shape index (κ2) is 5.12. The van der Waals surface area contributed by atoms with Gasteiger partial charge in [0.2, 0.25) is 0 Å². The molecule has 0 fully saturated rings. The minimum absolute atomic E-state index is 0.339. The average Bonchev–Trinajstić information content (AvgIpc) is 2.29. The number of hydrogen-bond acceptors (Lipinski definition) is 2. The van der Waals surface area contributed by atoms with Crippen molar-refractivity contribution in [1.29, 1.82) is 0 Å². The van der Waals surface area contributed by atoms with Crippen LogP contribution >= 0.6 is 0 Å². The van der Waals surface area contributed by atoms with E-state index in [1.54, 1.807) is 25.2 Å². The van der Waals surface area contributed by atoms with E-state index in [4.69, 9.17) is 4.74 Å². The second-order valence-electron chi connectivity index (χ2n) is 3.89. The zero-order chi connectivity index (χ0) is 12.2. The van der Waals surface area contributed by atoms with Crippen LogP contribution in [0.15, 0.2) is 36.5 Å². The number of carboxylic acid groups (broad SMARTS) is 1. The summed E-state index contributed by atoms with van der Waals surface area (Å²) in [7, 11) is 0. The highest BCUT2D eigenvalue weighted by atomic mass is 16.5. The largest absolute Gasteiger partial charge is 0.481 e. The van der Waals surface area contributed by atoms with E-state index >= 15 is 0 Å². The number of hydrogen-bond donors (Lipinski definition) is 1. The first-order chi connectivity index (χ1) is 7.56. The number of aliphatic carboxylic acids is 1. The van der Waals surface area contributed by atoms with Crippen molar-refractivity contribution in [3.8, 4) is 0 Å². The van der Waals surface area contributed by atoms with E-state index in [1.165, 1.54) is 0 Å². The Morgan fingerprint density at radius 2 is 2.50 bits per heavy atom. The highest BCUT2D eigenvalue weighted by Crippen LogP contribution is 2.35. The lowest BCUT2D eigenvalue weighted by molar-refractivity contribution is -0.153. The smallest absolute Gasteiger partial charge is 0.316 e. The number of ether oxygens (including phenoxy) is 1. The Bertz CT molecular complexity index is 341. The number of allylic oxidation sites excluding steroid dienone is 4. The molecule has 0 radical (unpaired) electrons. The number of rotatable bonds is 5. The molecule has 0 aromatic heterocycles. The molecule has 16 heavy (non-hydrogen) atoms. The van der Waals surface area contributed by atoms with Gasteiger partial charge in [0.15, 0.2) is 0 Å². The molecule has 0 bridgehead atoms. The van der Waals surface area contributed by atoms with Gasteiger partial charge in [-0.3, -0.25) is 4.79 Å². The fourth-order valence-corrected chi connectivity index (χ4v) is 1.85. The maximum Gasteiger partial charge on any atom is 0.316 e. The average molecular weight is 222 g/mol. The number of carboxylic acids is 1. The summed E-state index contributed by atoms with van der Waals surface area (Å²) in [5.41, 5.74) is 0.0169. The Hall–Kier alpha value is -1.35. The van der Waals surface area contributed by atoms with Crippen LogP contribution in [0.3, 0.4) is 0 Å². The van der Waals surface area contributed by atoms with Gasteiger partial charge >= 0.3 is 5.97 Å². The monoisotopic (exact) mass is 222 g/mol. The molecular formula is C13H18O3. The quantitative estimate of drug-likeness (QED) is 0.777. The van der Waals surface area contributed by atoms with Crippen molar-refractivity contribution in [3.05, 3.63) is 36.5 Å². The van der Waals surface area contributed by atoms with Crippen LogP contribution in [0.4, 0.5) is 0 Å². The van der Waals surface area contributed by atoms with Crippen LogP contribution in [0, 0.1) is 5.41 Å². The van der Waals surface area contributed by atoms with E-state index in [-0.39, 0.29) is 6.10 Å². The van der Waals surface area contributed by atoms with Gasteiger partial charge in [0.1, 0.15) is 5.41 Å². The van der Waals surface area contributed by atoms with E-state index in [0.29, 0.717) is 13.0 Å². The summed E-state index contributed by atoms with van der Waals surface area (Å²) in [6, 6.07) is 0. The van der Waals surface area contributed by atoms with E-state index in [2.05, 4.69) is 6.58 Å². The van der Waals surface area contributed by atoms with Gasteiger partial charge in [-0.1, -0.05) is 30.9 Å². The molecule has 0 saturated heterocycles. The zero-order valence-electron chi connectivity index (χ0n) is 9.77. The molecule has 3 heteroatoms. The molecule has 0 heterocycles. The van der Waals surface area contributed by atoms with Gasteiger partial charge in [-0.25, -0.2) is 0 Å². The summed E-state index contributed by atoms with van der Waals surface area (Å²) in [6.45, 7) is 7.84. The molecule has 3 nitrogen and oxygen atoms in total. The lowest BCUT2D eigenvalue weighted by Crippen LogP contribution is -2.41. The van der Waals surface area contributed by atoms with Gasteiger partial charge in [-0.15, -0.1) is 0 Å². The van der Waals surface area contributed by atoms with Crippen LogP contribution in [0.25, 0.3) is 0 Å². The Morgan fingerprint density at radius 1 is 1.81 bits per heavy atom. The van der Waals surface area contributed by atoms with Gasteiger partial charge in [0.05, 0.1) is 6.10 Å². The maximum atomic E-state index is 11.4. The molecule has 1 aliphatic carbocycles. The van der Waals surface area contributed by atoms with Crippen LogP contribution in [0.2, 0.25) is 0 Å². The molecule has 2 atom stereocenters. The van der Waals surface area contributed by atoms with Gasteiger partial charge in [-0.05, 0) is 25.8 Å². The van der Waals surface area contributed by atoms with E-state index in [9.17, 15) is 9.90 Å². The Labute approximate surface area is 96.1 Å². The molecule has 0 saturated carbocycles. The molecule has 2 unspecified atom stereocenters. The SMILES string of the molecule is C=CC1=CCC(C(=O)O)(C(C)OCC)C=C1. The van der Waals surface area contributed by atoms with Crippen molar-refractivity contribution in [1.82, 2.24) is 0 Å². The third-order valence-electron chi connectivity index (χ3n) is 3.02. The van der Waals surface area contributed by atoms with Crippen molar-refractivity contribution in [3.63, 3.8) is 0 Å². The first kappa shape index (κ1) is 12.7. The maximum absolute atomic E-state index is 11.4. The molecule has 0 amide bonds. The summed E-state index contributed by atoms with van der Waals surface area (Å²) in [4.78, 5) is 11.4. The van der Waals surface area contributed by atoms with Crippen LogP contribution in [-0.2, 0) is 9.53 Å². The normalized spacial score (nSPS) is 26.0. The topological polar surface area (TPSA) is 46.5 Å².